The van der Waals surface area contributed by atoms with Crippen LogP contribution >= 0.6 is 0 Å². The first kappa shape index (κ1) is 35.0. The molecule has 2 aromatic carbocycles. The van der Waals surface area contributed by atoms with E-state index >= 15 is 4.39 Å². The molecular formula is C40H42FN7O3. The van der Waals surface area contributed by atoms with Gasteiger partial charge in [-0.15, -0.1) is 0 Å². The van der Waals surface area contributed by atoms with E-state index in [0.717, 1.165) is 47.5 Å². The van der Waals surface area contributed by atoms with Crippen LogP contribution in [0.5, 0.6) is 17.2 Å². The molecule has 10 nitrogen and oxygen atoms in total. The van der Waals surface area contributed by atoms with Crippen molar-refractivity contribution in [1.29, 1.82) is 5.41 Å². The molecule has 3 N–H and O–H groups in total. The molecule has 2 aliphatic rings. The molecule has 6 rings (SSSR count). The Labute approximate surface area is 297 Å². The number of amides is 1. The fourth-order valence-corrected chi connectivity index (χ4v) is 6.41. The van der Waals surface area contributed by atoms with Gasteiger partial charge in [-0.1, -0.05) is 44.7 Å². The summed E-state index contributed by atoms with van der Waals surface area (Å²) in [6.45, 7) is 9.72. The molecule has 2 unspecified atom stereocenters. The number of allylic oxidation sites excluding steroid dienone is 2. The first-order valence-corrected chi connectivity index (χ1v) is 17.2. The third-order valence-corrected chi connectivity index (χ3v) is 9.40. The highest BCUT2D eigenvalue weighted by Gasteiger charge is 2.32. The average Bonchev–Trinajstić information content (AvgIpc) is 3.27. The molecule has 1 aliphatic carbocycles. The van der Waals surface area contributed by atoms with Gasteiger partial charge in [-0.25, -0.2) is 14.4 Å². The van der Waals surface area contributed by atoms with Crippen LogP contribution in [-0.4, -0.2) is 44.7 Å². The Kier molecular flexibility index (Phi) is 11.1. The number of fused-ring (bicyclic) bond motifs is 1. The van der Waals surface area contributed by atoms with Crippen LogP contribution in [0.3, 0.4) is 0 Å². The fourth-order valence-electron chi connectivity index (χ4n) is 6.41. The number of nitrogens with one attached hydrogen (secondary N) is 3. The summed E-state index contributed by atoms with van der Waals surface area (Å²) in [5.41, 5.74) is 3.98. The molecule has 0 bridgehead atoms. The highest BCUT2D eigenvalue weighted by atomic mass is 19.1. The van der Waals surface area contributed by atoms with E-state index in [0.29, 0.717) is 37.1 Å². The van der Waals surface area contributed by atoms with Crippen molar-refractivity contribution in [2.75, 3.05) is 18.4 Å². The number of hydrogen-bond donors (Lipinski definition) is 3. The number of para-hydroxylation sites is 1. The van der Waals surface area contributed by atoms with E-state index in [1.807, 2.05) is 41.3 Å². The number of anilines is 2. The van der Waals surface area contributed by atoms with Crippen molar-refractivity contribution in [3.05, 3.63) is 127 Å². The predicted octanol–water partition coefficient (Wildman–Crippen LogP) is 8.16. The van der Waals surface area contributed by atoms with Crippen LogP contribution in [0.25, 0.3) is 5.57 Å². The van der Waals surface area contributed by atoms with Crippen molar-refractivity contribution < 1.29 is 18.7 Å². The van der Waals surface area contributed by atoms with Gasteiger partial charge in [0.15, 0.2) is 0 Å². The van der Waals surface area contributed by atoms with Gasteiger partial charge >= 0.3 is 0 Å². The predicted molar refractivity (Wildman–Crippen MR) is 196 cm³/mol. The third kappa shape index (κ3) is 8.67. The van der Waals surface area contributed by atoms with E-state index in [2.05, 4.69) is 47.1 Å². The van der Waals surface area contributed by atoms with E-state index in [1.54, 1.807) is 30.6 Å². The molecule has 2 atom stereocenters. The smallest absolute Gasteiger partial charge is 0.245 e. The van der Waals surface area contributed by atoms with E-state index < -0.39 is 5.82 Å². The molecule has 0 saturated carbocycles. The number of likely N-dealkylation sites (tertiary alicyclic amines) is 1. The summed E-state index contributed by atoms with van der Waals surface area (Å²) in [5, 5.41) is 14.5. The van der Waals surface area contributed by atoms with Gasteiger partial charge in [0.05, 0.1) is 23.6 Å². The Morgan fingerprint density at radius 1 is 1.04 bits per heavy atom. The molecule has 262 valence electrons. The maximum atomic E-state index is 15.5. The Hall–Kier alpha value is -5.84. The number of carbonyl (C=O) groups excluding carboxylic acids is 1. The lowest BCUT2D eigenvalue weighted by Crippen LogP contribution is -2.37. The lowest BCUT2D eigenvalue weighted by atomic mass is 9.83. The number of piperidine rings is 1. The molecule has 1 saturated heterocycles. The van der Waals surface area contributed by atoms with Crippen LogP contribution in [-0.2, 0) is 11.3 Å². The van der Waals surface area contributed by atoms with Gasteiger partial charge in [0.2, 0.25) is 11.8 Å². The monoisotopic (exact) mass is 687 g/mol. The number of hydrogen-bond acceptors (Lipinski definition) is 9. The van der Waals surface area contributed by atoms with Crippen LogP contribution in [0.4, 0.5) is 15.9 Å². The minimum absolute atomic E-state index is 0.0488. The maximum absolute atomic E-state index is 15.5. The molecule has 1 aliphatic heterocycles. The van der Waals surface area contributed by atoms with Gasteiger partial charge in [-0.3, -0.25) is 15.2 Å². The Morgan fingerprint density at radius 2 is 1.84 bits per heavy atom. The summed E-state index contributed by atoms with van der Waals surface area (Å²) < 4.78 is 27.0. The van der Waals surface area contributed by atoms with Crippen LogP contribution in [0.2, 0.25) is 0 Å². The number of aromatic nitrogens is 3. The molecule has 0 spiro atoms. The summed E-state index contributed by atoms with van der Waals surface area (Å²) in [6, 6.07) is 17.6. The molecular weight excluding hydrogens is 645 g/mol. The van der Waals surface area contributed by atoms with Crippen LogP contribution < -0.4 is 20.1 Å². The van der Waals surface area contributed by atoms with Gasteiger partial charge in [0.1, 0.15) is 35.2 Å². The summed E-state index contributed by atoms with van der Waals surface area (Å²) in [6.07, 6.45) is 12.4. The number of ether oxygens (including phenoxy) is 2. The number of benzene rings is 2. The second-order valence-electron chi connectivity index (χ2n) is 12.8. The van der Waals surface area contributed by atoms with E-state index in [9.17, 15) is 4.79 Å². The third-order valence-electron chi connectivity index (χ3n) is 9.40. The zero-order valence-corrected chi connectivity index (χ0v) is 28.8. The summed E-state index contributed by atoms with van der Waals surface area (Å²) in [7, 11) is 0. The standard InChI is InChI=1S/C40H42FN7O3/c1-4-37(49)48-20-16-28(17-21-48)33-12-10-26(2)27(3)39-38(33)40(46-25-45-39)47-35-13-11-31(23-34(35)41)51-36(42)15-18-43-24-29-22-32(14-19-44-29)50-30-8-6-5-7-9-30/h4-9,11-15,18-19,22-23,25-28,42-43H,1,10,16-17,20-21,24H2,2-3H3,(H,45,46,47)/b18-15-,42-36?. The molecule has 3 heterocycles. The van der Waals surface area contributed by atoms with Crippen molar-refractivity contribution in [1.82, 2.24) is 25.2 Å². The average molecular weight is 688 g/mol. The largest absolute Gasteiger partial charge is 0.457 e. The zero-order chi connectivity index (χ0) is 35.7. The van der Waals surface area contributed by atoms with Crippen molar-refractivity contribution in [3.8, 4) is 17.2 Å². The second kappa shape index (κ2) is 16.2. The minimum atomic E-state index is -0.546. The fraction of sp³-hybridized carbons (Fsp3) is 0.275. The SMILES string of the molecule is C=CC(=O)N1CCC(C2=CCC(C)C(C)c3ncnc(Nc4ccc(OC(=N)/C=C\NCc5cc(Oc6ccccc6)ccn5)cc4F)c32)CC1. The molecule has 2 aromatic heterocycles. The van der Waals surface area contributed by atoms with E-state index in [4.69, 9.17) is 19.9 Å². The molecule has 11 heteroatoms. The summed E-state index contributed by atoms with van der Waals surface area (Å²) in [4.78, 5) is 27.7. The van der Waals surface area contributed by atoms with Crippen LogP contribution in [0.1, 0.15) is 56.0 Å². The Morgan fingerprint density at radius 3 is 2.61 bits per heavy atom. The Bertz CT molecular complexity index is 1940. The van der Waals surface area contributed by atoms with Crippen LogP contribution in [0, 0.1) is 23.1 Å². The molecule has 51 heavy (non-hydrogen) atoms. The number of nitrogens with zero attached hydrogens (tertiary/aromatic N) is 4. The van der Waals surface area contributed by atoms with E-state index in [1.165, 1.54) is 24.5 Å². The highest BCUT2D eigenvalue weighted by Crippen LogP contribution is 2.44. The Balaban J connectivity index is 1.09. The molecule has 1 amide bonds. The van der Waals surface area contributed by atoms with Crippen molar-refractivity contribution >= 4 is 28.9 Å². The van der Waals surface area contributed by atoms with Crippen LogP contribution in [0.15, 0.2) is 104 Å². The molecule has 4 aromatic rings. The van der Waals surface area contributed by atoms with Gasteiger partial charge in [0, 0.05) is 55.2 Å². The number of carbonyl (C=O) groups is 1. The van der Waals surface area contributed by atoms with Gasteiger partial charge in [-0.2, -0.15) is 0 Å². The zero-order valence-electron chi connectivity index (χ0n) is 28.8. The van der Waals surface area contributed by atoms with Crippen molar-refractivity contribution in [2.24, 2.45) is 11.8 Å². The molecule has 0 radical (unpaired) electrons. The first-order valence-electron chi connectivity index (χ1n) is 17.2. The summed E-state index contributed by atoms with van der Waals surface area (Å²) >= 11 is 0. The lowest BCUT2D eigenvalue weighted by Gasteiger charge is -2.33. The first-order chi connectivity index (χ1) is 24.8. The lowest BCUT2D eigenvalue weighted by molar-refractivity contribution is -0.127. The number of pyridine rings is 1. The van der Waals surface area contributed by atoms with Crippen molar-refractivity contribution in [2.45, 2.75) is 45.6 Å². The van der Waals surface area contributed by atoms with Gasteiger partial charge < -0.3 is 25.0 Å². The van der Waals surface area contributed by atoms with Gasteiger partial charge in [0.25, 0.3) is 0 Å². The minimum Gasteiger partial charge on any atom is -0.457 e. The van der Waals surface area contributed by atoms with E-state index in [-0.39, 0.29) is 35.1 Å². The molecule has 1 fully saturated rings. The second-order valence-corrected chi connectivity index (χ2v) is 12.8. The normalized spacial score (nSPS) is 17.5. The van der Waals surface area contributed by atoms with Gasteiger partial charge in [-0.05, 0) is 73.1 Å². The number of rotatable bonds is 11. The number of halogens is 1. The van der Waals surface area contributed by atoms with Crippen molar-refractivity contribution in [3.63, 3.8) is 0 Å². The topological polar surface area (TPSA) is 125 Å². The maximum Gasteiger partial charge on any atom is 0.245 e. The quantitative estimate of drug-likeness (QED) is 0.0820. The highest BCUT2D eigenvalue weighted by molar-refractivity contribution is 5.87. The summed E-state index contributed by atoms with van der Waals surface area (Å²) in [5.74, 6) is 2.11.